The molecule has 0 heterocycles. The molecule has 0 aliphatic carbocycles. The Bertz CT molecular complexity index is 621. The first kappa shape index (κ1) is 15.8. The Morgan fingerprint density at radius 3 is 2.23 bits per heavy atom. The molecule has 0 aromatic heterocycles. The van der Waals surface area contributed by atoms with Crippen molar-refractivity contribution in [2.24, 2.45) is 0 Å². The summed E-state index contributed by atoms with van der Waals surface area (Å²) in [5.41, 5.74) is 2.54. The van der Waals surface area contributed by atoms with Crippen LogP contribution in [0, 0.1) is 0 Å². The molecule has 0 saturated heterocycles. The maximum atomic E-state index is 11.9. The first-order valence-electron chi connectivity index (χ1n) is 7.30. The van der Waals surface area contributed by atoms with Crippen molar-refractivity contribution in [3.8, 4) is 11.1 Å². The minimum Gasteiger partial charge on any atom is -0.452 e. The van der Waals surface area contributed by atoms with Crippen molar-refractivity contribution in [1.82, 2.24) is 5.32 Å². The lowest BCUT2D eigenvalue weighted by Crippen LogP contribution is -2.29. The Hall–Kier alpha value is -2.62. The third-order valence-electron chi connectivity index (χ3n) is 3.13. The number of amides is 1. The fraction of sp³-hybridized carbons (Fsp3) is 0.222. The molecule has 0 saturated carbocycles. The summed E-state index contributed by atoms with van der Waals surface area (Å²) in [6, 6.07) is 17.0. The van der Waals surface area contributed by atoms with Crippen LogP contribution in [-0.4, -0.2) is 25.0 Å². The lowest BCUT2D eigenvalue weighted by atomic mass is 10.0. The number of carbonyl (C=O) groups excluding carboxylic acids is 2. The van der Waals surface area contributed by atoms with Crippen LogP contribution < -0.4 is 5.32 Å². The highest BCUT2D eigenvalue weighted by molar-refractivity contribution is 5.91. The fourth-order valence-electron chi connectivity index (χ4n) is 1.96. The minimum absolute atomic E-state index is 0.251. The first-order valence-corrected chi connectivity index (χ1v) is 7.30. The van der Waals surface area contributed by atoms with Crippen LogP contribution in [0.1, 0.15) is 23.7 Å². The van der Waals surface area contributed by atoms with Crippen molar-refractivity contribution in [1.29, 1.82) is 0 Å². The zero-order valence-electron chi connectivity index (χ0n) is 12.5. The van der Waals surface area contributed by atoms with Crippen LogP contribution in [0.5, 0.6) is 0 Å². The third-order valence-corrected chi connectivity index (χ3v) is 3.13. The summed E-state index contributed by atoms with van der Waals surface area (Å²) in [6.07, 6.45) is 0.848. The SMILES string of the molecule is CCCNC(=O)COC(=O)c1ccc(-c2ccccc2)cc1. The molecular formula is C18H19NO3. The average molecular weight is 297 g/mol. The molecule has 0 radical (unpaired) electrons. The minimum atomic E-state index is -0.494. The van der Waals surface area contributed by atoms with Gasteiger partial charge in [0.2, 0.25) is 0 Å². The van der Waals surface area contributed by atoms with Gasteiger partial charge in [0, 0.05) is 6.54 Å². The summed E-state index contributed by atoms with van der Waals surface area (Å²) in [6.45, 7) is 2.29. The molecule has 1 N–H and O–H groups in total. The molecule has 4 heteroatoms. The summed E-state index contributed by atoms with van der Waals surface area (Å²) in [5.74, 6) is -0.776. The van der Waals surface area contributed by atoms with E-state index in [1.54, 1.807) is 12.1 Å². The van der Waals surface area contributed by atoms with Gasteiger partial charge in [0.1, 0.15) is 0 Å². The Morgan fingerprint density at radius 2 is 1.59 bits per heavy atom. The second-order valence-electron chi connectivity index (χ2n) is 4.87. The monoisotopic (exact) mass is 297 g/mol. The number of esters is 1. The lowest BCUT2D eigenvalue weighted by Gasteiger charge is -2.06. The molecule has 0 fully saturated rings. The van der Waals surface area contributed by atoms with Gasteiger partial charge in [-0.25, -0.2) is 4.79 Å². The Kier molecular flexibility index (Phi) is 5.72. The van der Waals surface area contributed by atoms with Gasteiger partial charge in [-0.3, -0.25) is 4.79 Å². The largest absolute Gasteiger partial charge is 0.452 e. The van der Waals surface area contributed by atoms with E-state index in [0.717, 1.165) is 17.5 Å². The molecule has 0 atom stereocenters. The van der Waals surface area contributed by atoms with Crippen LogP contribution in [0.3, 0.4) is 0 Å². The number of nitrogens with one attached hydrogen (secondary N) is 1. The predicted octanol–water partition coefficient (Wildman–Crippen LogP) is 3.04. The molecule has 0 aliphatic rings. The summed E-state index contributed by atoms with van der Waals surface area (Å²) in [5, 5.41) is 2.65. The normalized spacial score (nSPS) is 10.0. The summed E-state index contributed by atoms with van der Waals surface area (Å²) in [4.78, 5) is 23.3. The Labute approximate surface area is 130 Å². The number of hydrogen-bond acceptors (Lipinski definition) is 3. The van der Waals surface area contributed by atoms with Gasteiger partial charge in [0.15, 0.2) is 6.61 Å². The van der Waals surface area contributed by atoms with Gasteiger partial charge in [-0.1, -0.05) is 49.4 Å². The number of carbonyl (C=O) groups is 2. The van der Waals surface area contributed by atoms with Gasteiger partial charge in [0.05, 0.1) is 5.56 Å². The molecule has 1 amide bonds. The van der Waals surface area contributed by atoms with Crippen molar-refractivity contribution < 1.29 is 14.3 Å². The zero-order valence-corrected chi connectivity index (χ0v) is 12.5. The van der Waals surface area contributed by atoms with Crippen LogP contribution in [-0.2, 0) is 9.53 Å². The predicted molar refractivity (Wildman–Crippen MR) is 85.5 cm³/mol. The fourth-order valence-corrected chi connectivity index (χ4v) is 1.96. The average Bonchev–Trinajstić information content (AvgIpc) is 2.58. The summed E-state index contributed by atoms with van der Waals surface area (Å²) >= 11 is 0. The van der Waals surface area contributed by atoms with Gasteiger partial charge in [-0.15, -0.1) is 0 Å². The molecule has 2 aromatic rings. The Morgan fingerprint density at radius 1 is 0.955 bits per heavy atom. The number of hydrogen-bond donors (Lipinski definition) is 1. The van der Waals surface area contributed by atoms with Crippen LogP contribution in [0.15, 0.2) is 54.6 Å². The van der Waals surface area contributed by atoms with E-state index in [1.807, 2.05) is 49.4 Å². The van der Waals surface area contributed by atoms with E-state index in [9.17, 15) is 9.59 Å². The van der Waals surface area contributed by atoms with Crippen molar-refractivity contribution in [3.05, 3.63) is 60.2 Å². The molecule has 2 rings (SSSR count). The maximum absolute atomic E-state index is 11.9. The zero-order chi connectivity index (χ0) is 15.8. The maximum Gasteiger partial charge on any atom is 0.338 e. The topological polar surface area (TPSA) is 55.4 Å². The van der Waals surface area contributed by atoms with Crippen LogP contribution >= 0.6 is 0 Å². The van der Waals surface area contributed by atoms with E-state index in [1.165, 1.54) is 0 Å². The van der Waals surface area contributed by atoms with Crippen LogP contribution in [0.2, 0.25) is 0 Å². The van der Waals surface area contributed by atoms with E-state index in [-0.39, 0.29) is 12.5 Å². The van der Waals surface area contributed by atoms with E-state index >= 15 is 0 Å². The van der Waals surface area contributed by atoms with E-state index in [0.29, 0.717) is 12.1 Å². The molecule has 0 unspecified atom stereocenters. The van der Waals surface area contributed by atoms with Gasteiger partial charge >= 0.3 is 5.97 Å². The smallest absolute Gasteiger partial charge is 0.338 e. The lowest BCUT2D eigenvalue weighted by molar-refractivity contribution is -0.124. The van der Waals surface area contributed by atoms with Crippen molar-refractivity contribution in [2.45, 2.75) is 13.3 Å². The highest BCUT2D eigenvalue weighted by Gasteiger charge is 2.10. The Balaban J connectivity index is 1.93. The van der Waals surface area contributed by atoms with Gasteiger partial charge in [-0.05, 0) is 29.7 Å². The highest BCUT2D eigenvalue weighted by atomic mass is 16.5. The van der Waals surface area contributed by atoms with Gasteiger partial charge in [0.25, 0.3) is 5.91 Å². The quantitative estimate of drug-likeness (QED) is 0.834. The molecule has 0 spiro atoms. The molecule has 22 heavy (non-hydrogen) atoms. The summed E-state index contributed by atoms with van der Waals surface area (Å²) in [7, 11) is 0. The summed E-state index contributed by atoms with van der Waals surface area (Å²) < 4.78 is 4.98. The van der Waals surface area contributed by atoms with Crippen LogP contribution in [0.4, 0.5) is 0 Å². The van der Waals surface area contributed by atoms with Crippen LogP contribution in [0.25, 0.3) is 11.1 Å². The van der Waals surface area contributed by atoms with Gasteiger partial charge in [-0.2, -0.15) is 0 Å². The van der Waals surface area contributed by atoms with E-state index in [4.69, 9.17) is 4.74 Å². The second-order valence-corrected chi connectivity index (χ2v) is 4.87. The number of benzene rings is 2. The second kappa shape index (κ2) is 7.98. The first-order chi connectivity index (χ1) is 10.7. The molecule has 2 aromatic carbocycles. The number of rotatable bonds is 6. The number of ether oxygens (including phenoxy) is 1. The molecule has 4 nitrogen and oxygen atoms in total. The van der Waals surface area contributed by atoms with E-state index in [2.05, 4.69) is 5.32 Å². The third kappa shape index (κ3) is 4.45. The molecule has 0 aliphatic heterocycles. The highest BCUT2D eigenvalue weighted by Crippen LogP contribution is 2.19. The van der Waals surface area contributed by atoms with E-state index < -0.39 is 5.97 Å². The molecule has 114 valence electrons. The molecule has 0 bridgehead atoms. The van der Waals surface area contributed by atoms with Crippen molar-refractivity contribution >= 4 is 11.9 Å². The van der Waals surface area contributed by atoms with Gasteiger partial charge < -0.3 is 10.1 Å². The molecular weight excluding hydrogens is 278 g/mol. The standard InChI is InChI=1S/C18H19NO3/c1-2-12-19-17(20)13-22-18(21)16-10-8-15(9-11-16)14-6-4-3-5-7-14/h3-11H,2,12-13H2,1H3,(H,19,20). The van der Waals surface area contributed by atoms with Crippen molar-refractivity contribution in [3.63, 3.8) is 0 Å². The van der Waals surface area contributed by atoms with Crippen molar-refractivity contribution in [2.75, 3.05) is 13.2 Å².